The molecule has 0 spiro atoms. The number of carbonyl (C=O) groups excluding carboxylic acids is 1. The lowest BCUT2D eigenvalue weighted by atomic mass is 9.96. The first-order valence-electron chi connectivity index (χ1n) is 4.65. The highest BCUT2D eigenvalue weighted by atomic mass is 32.2. The quantitative estimate of drug-likeness (QED) is 0.225. The van der Waals surface area contributed by atoms with Crippen LogP contribution < -0.4 is 16.8 Å². The highest BCUT2D eigenvalue weighted by Gasteiger charge is 2.27. The second-order valence-electron chi connectivity index (χ2n) is 3.89. The van der Waals surface area contributed by atoms with Crippen molar-refractivity contribution in [3.63, 3.8) is 0 Å². The summed E-state index contributed by atoms with van der Waals surface area (Å²) in [4.78, 5) is 28.9. The summed E-state index contributed by atoms with van der Waals surface area (Å²) < 4.78 is 0. The van der Waals surface area contributed by atoms with Gasteiger partial charge < -0.3 is 4.98 Å². The van der Waals surface area contributed by atoms with Gasteiger partial charge in [-0.25, -0.2) is 10.8 Å². The Morgan fingerprint density at radius 2 is 2.38 bits per heavy atom. The molecule has 0 aromatic carbocycles. The molecule has 88 valence electrons. The van der Waals surface area contributed by atoms with E-state index in [-0.39, 0.29) is 11.5 Å². The molecule has 0 aliphatic heterocycles. The van der Waals surface area contributed by atoms with E-state index in [1.807, 2.05) is 0 Å². The Bertz CT molecular complexity index is 430. The molecule has 7 heteroatoms. The first kappa shape index (κ1) is 12.7. The van der Waals surface area contributed by atoms with Crippen molar-refractivity contribution in [1.29, 1.82) is 0 Å². The highest BCUT2D eigenvalue weighted by molar-refractivity contribution is 7.99. The van der Waals surface area contributed by atoms with Crippen molar-refractivity contribution in [3.05, 3.63) is 22.6 Å². The molecule has 0 aliphatic rings. The highest BCUT2D eigenvalue weighted by Crippen LogP contribution is 2.24. The van der Waals surface area contributed by atoms with E-state index in [0.29, 0.717) is 10.9 Å². The summed E-state index contributed by atoms with van der Waals surface area (Å²) >= 11 is 1.30. The van der Waals surface area contributed by atoms with Gasteiger partial charge in [0, 0.05) is 18.0 Å². The van der Waals surface area contributed by atoms with E-state index in [4.69, 9.17) is 5.84 Å². The van der Waals surface area contributed by atoms with Gasteiger partial charge >= 0.3 is 0 Å². The summed E-state index contributed by atoms with van der Waals surface area (Å²) in [5, 5.41) is 0.491. The van der Waals surface area contributed by atoms with Crippen molar-refractivity contribution in [1.82, 2.24) is 15.4 Å². The molecule has 1 heterocycles. The average molecular weight is 242 g/mol. The van der Waals surface area contributed by atoms with Crippen molar-refractivity contribution in [2.24, 2.45) is 11.3 Å². The molecule has 1 aromatic rings. The number of nitrogens with two attached hydrogens (primary N) is 1. The number of aromatic nitrogens is 2. The van der Waals surface area contributed by atoms with Crippen LogP contribution in [0.2, 0.25) is 0 Å². The smallest absolute Gasteiger partial charge is 0.251 e. The lowest BCUT2D eigenvalue weighted by Gasteiger charge is -2.20. The molecule has 16 heavy (non-hydrogen) atoms. The lowest BCUT2D eigenvalue weighted by Crippen LogP contribution is -2.42. The van der Waals surface area contributed by atoms with Crippen LogP contribution in [0.25, 0.3) is 0 Å². The fourth-order valence-electron chi connectivity index (χ4n) is 0.935. The molecule has 0 radical (unpaired) electrons. The fraction of sp³-hybridized carbons (Fsp3) is 0.444. The maximum Gasteiger partial charge on any atom is 0.251 e. The number of nitrogens with zero attached hydrogens (tertiary/aromatic N) is 1. The molecule has 6 nitrogen and oxygen atoms in total. The topological polar surface area (TPSA) is 101 Å². The maximum absolute atomic E-state index is 11.4. The Morgan fingerprint density at radius 1 is 1.69 bits per heavy atom. The van der Waals surface area contributed by atoms with Crippen LogP contribution >= 0.6 is 11.8 Å². The number of carbonyl (C=O) groups is 1. The number of hydrazine groups is 1. The first-order chi connectivity index (χ1) is 7.45. The van der Waals surface area contributed by atoms with E-state index >= 15 is 0 Å². The van der Waals surface area contributed by atoms with Gasteiger partial charge in [0.15, 0.2) is 5.16 Å². The summed E-state index contributed by atoms with van der Waals surface area (Å²) in [5.41, 5.74) is 1.28. The molecule has 0 saturated carbocycles. The third kappa shape index (κ3) is 3.35. The van der Waals surface area contributed by atoms with E-state index in [0.717, 1.165) is 0 Å². The summed E-state index contributed by atoms with van der Waals surface area (Å²) in [6, 6.07) is 1.34. The van der Waals surface area contributed by atoms with Gasteiger partial charge in [0.05, 0.1) is 5.41 Å². The summed E-state index contributed by atoms with van der Waals surface area (Å²) in [5.74, 6) is 5.29. The predicted molar refractivity (Wildman–Crippen MR) is 61.7 cm³/mol. The number of amides is 1. The largest absolute Gasteiger partial charge is 0.301 e. The van der Waals surface area contributed by atoms with Crippen LogP contribution in [-0.2, 0) is 4.79 Å². The van der Waals surface area contributed by atoms with Crippen LogP contribution in [0.3, 0.4) is 0 Å². The molecule has 4 N–H and O–H groups in total. The van der Waals surface area contributed by atoms with Crippen LogP contribution in [0, 0.1) is 5.41 Å². The van der Waals surface area contributed by atoms with Crippen molar-refractivity contribution < 1.29 is 4.79 Å². The minimum Gasteiger partial charge on any atom is -0.301 e. The van der Waals surface area contributed by atoms with Crippen LogP contribution in [0.5, 0.6) is 0 Å². The number of nitrogens with one attached hydrogen (secondary N) is 2. The normalized spacial score (nSPS) is 11.2. The third-order valence-corrected chi connectivity index (χ3v) is 3.31. The standard InChI is InChI=1S/C9H14N4O2S/c1-9(2,7(15)13-10)5-16-8-11-4-3-6(14)12-8/h3-4H,5,10H2,1-2H3,(H,13,15)(H,11,12,14). The Kier molecular flexibility index (Phi) is 4.08. The number of rotatable bonds is 4. The lowest BCUT2D eigenvalue weighted by molar-refractivity contribution is -0.128. The Hall–Kier alpha value is -1.34. The number of hydrogen-bond acceptors (Lipinski definition) is 5. The minimum absolute atomic E-state index is 0.210. The zero-order valence-corrected chi connectivity index (χ0v) is 9.93. The summed E-state index contributed by atoms with van der Waals surface area (Å²) in [6.45, 7) is 3.53. The monoisotopic (exact) mass is 242 g/mol. The van der Waals surface area contributed by atoms with Gasteiger partial charge in [0.2, 0.25) is 5.91 Å². The van der Waals surface area contributed by atoms with Gasteiger partial charge in [-0.1, -0.05) is 25.6 Å². The second-order valence-corrected chi connectivity index (χ2v) is 4.85. The van der Waals surface area contributed by atoms with Gasteiger partial charge in [-0.05, 0) is 0 Å². The number of hydrogen-bond donors (Lipinski definition) is 3. The molecule has 1 amide bonds. The molecular formula is C9H14N4O2S. The fourth-order valence-corrected chi connectivity index (χ4v) is 1.87. The van der Waals surface area contributed by atoms with Gasteiger partial charge in [0.1, 0.15) is 0 Å². The SMILES string of the molecule is CC(C)(CSc1nccc(=O)[nH]1)C(=O)NN. The Labute approximate surface area is 97.0 Å². The third-order valence-electron chi connectivity index (χ3n) is 1.96. The predicted octanol–water partition coefficient (Wildman–Crippen LogP) is -0.122. The van der Waals surface area contributed by atoms with Crippen LogP contribution in [0.1, 0.15) is 13.8 Å². The molecular weight excluding hydrogens is 228 g/mol. The van der Waals surface area contributed by atoms with E-state index in [2.05, 4.69) is 15.4 Å². The van der Waals surface area contributed by atoms with Crippen LogP contribution in [0.15, 0.2) is 22.2 Å². The molecule has 0 aliphatic carbocycles. The van der Waals surface area contributed by atoms with Gasteiger partial charge in [-0.3, -0.25) is 15.0 Å². The zero-order chi connectivity index (χ0) is 12.2. The Morgan fingerprint density at radius 3 is 2.94 bits per heavy atom. The van der Waals surface area contributed by atoms with Crippen LogP contribution in [-0.4, -0.2) is 21.6 Å². The van der Waals surface area contributed by atoms with E-state index in [1.54, 1.807) is 13.8 Å². The second kappa shape index (κ2) is 5.13. The Balaban J connectivity index is 2.64. The molecule has 0 bridgehead atoms. The molecule has 1 aromatic heterocycles. The van der Waals surface area contributed by atoms with E-state index < -0.39 is 5.41 Å². The number of H-pyrrole nitrogens is 1. The molecule has 0 saturated heterocycles. The first-order valence-corrected chi connectivity index (χ1v) is 5.63. The van der Waals surface area contributed by atoms with Crippen molar-refractivity contribution >= 4 is 17.7 Å². The van der Waals surface area contributed by atoms with Gasteiger partial charge in [0.25, 0.3) is 5.56 Å². The minimum atomic E-state index is -0.617. The molecule has 1 rings (SSSR count). The van der Waals surface area contributed by atoms with Gasteiger partial charge in [-0.15, -0.1) is 0 Å². The zero-order valence-electron chi connectivity index (χ0n) is 9.11. The molecule has 0 fully saturated rings. The van der Waals surface area contributed by atoms with Crippen LogP contribution in [0.4, 0.5) is 0 Å². The maximum atomic E-state index is 11.4. The summed E-state index contributed by atoms with van der Waals surface area (Å²) in [6.07, 6.45) is 1.43. The number of aromatic amines is 1. The average Bonchev–Trinajstić information content (AvgIpc) is 2.25. The van der Waals surface area contributed by atoms with Gasteiger partial charge in [-0.2, -0.15) is 0 Å². The van der Waals surface area contributed by atoms with Crippen molar-refractivity contribution in [3.8, 4) is 0 Å². The number of thioether (sulfide) groups is 1. The van der Waals surface area contributed by atoms with Crippen molar-refractivity contribution in [2.75, 3.05) is 5.75 Å². The molecule has 0 unspecified atom stereocenters. The van der Waals surface area contributed by atoms with Crippen molar-refractivity contribution in [2.45, 2.75) is 19.0 Å². The van der Waals surface area contributed by atoms with E-state index in [1.165, 1.54) is 24.0 Å². The molecule has 0 atom stereocenters. The summed E-state index contributed by atoms with van der Waals surface area (Å²) in [7, 11) is 0. The van der Waals surface area contributed by atoms with E-state index in [9.17, 15) is 9.59 Å².